The van der Waals surface area contributed by atoms with E-state index < -0.39 is 0 Å². The molecule has 4 nitrogen and oxygen atoms in total. The molecule has 2 heterocycles. The van der Waals surface area contributed by atoms with Crippen LogP contribution < -0.4 is 5.32 Å². The largest absolute Gasteiger partial charge is 0.316 e. The predicted molar refractivity (Wildman–Crippen MR) is 70.9 cm³/mol. The number of hydrogen-bond acceptors (Lipinski definition) is 3. The average Bonchev–Trinajstić information content (AvgIpc) is 2.86. The standard InChI is InChI=1S/C14H18N4/c1-11-9-16-18(17-11)14-7-3-2-6-13(14)12-5-4-8-15-10-12/h2-3,6-7,9,12,15H,4-5,8,10H2,1H3. The minimum atomic E-state index is 0.571. The predicted octanol–water partition coefficient (Wildman–Crippen LogP) is 2.04. The monoisotopic (exact) mass is 242 g/mol. The van der Waals surface area contributed by atoms with Gasteiger partial charge in [-0.1, -0.05) is 18.2 Å². The van der Waals surface area contributed by atoms with E-state index in [1.54, 1.807) is 11.0 Å². The molecule has 0 bridgehead atoms. The number of aromatic nitrogens is 3. The van der Waals surface area contributed by atoms with Crippen molar-refractivity contribution in [3.63, 3.8) is 0 Å². The molecule has 1 aromatic carbocycles. The van der Waals surface area contributed by atoms with Crippen molar-refractivity contribution in [2.45, 2.75) is 25.7 Å². The Morgan fingerprint density at radius 3 is 2.94 bits per heavy atom. The summed E-state index contributed by atoms with van der Waals surface area (Å²) in [5, 5.41) is 12.2. The molecule has 4 heteroatoms. The van der Waals surface area contributed by atoms with Gasteiger partial charge in [0, 0.05) is 6.54 Å². The highest BCUT2D eigenvalue weighted by Gasteiger charge is 2.19. The van der Waals surface area contributed by atoms with Crippen molar-refractivity contribution in [2.24, 2.45) is 0 Å². The Kier molecular flexibility index (Phi) is 3.11. The smallest absolute Gasteiger partial charge is 0.0891 e. The SMILES string of the molecule is Cc1cnn(-c2ccccc2C2CCCNC2)n1. The van der Waals surface area contributed by atoms with Gasteiger partial charge in [-0.25, -0.2) is 0 Å². The summed E-state index contributed by atoms with van der Waals surface area (Å²) in [6.07, 6.45) is 4.28. The molecule has 0 aliphatic carbocycles. The van der Waals surface area contributed by atoms with Crippen molar-refractivity contribution >= 4 is 0 Å². The van der Waals surface area contributed by atoms with Crippen LogP contribution >= 0.6 is 0 Å². The number of rotatable bonds is 2. The molecule has 1 N–H and O–H groups in total. The molecule has 3 rings (SSSR count). The molecule has 1 aliphatic heterocycles. The highest BCUT2D eigenvalue weighted by molar-refractivity contribution is 5.42. The van der Waals surface area contributed by atoms with Crippen LogP contribution in [0.3, 0.4) is 0 Å². The van der Waals surface area contributed by atoms with Crippen LogP contribution in [0.15, 0.2) is 30.5 Å². The Morgan fingerprint density at radius 2 is 2.22 bits per heavy atom. The van der Waals surface area contributed by atoms with Crippen LogP contribution in [-0.2, 0) is 0 Å². The maximum Gasteiger partial charge on any atom is 0.0891 e. The molecule has 1 saturated heterocycles. The van der Waals surface area contributed by atoms with E-state index in [2.05, 4.69) is 33.7 Å². The lowest BCUT2D eigenvalue weighted by Gasteiger charge is -2.24. The number of hydrogen-bond donors (Lipinski definition) is 1. The van der Waals surface area contributed by atoms with Gasteiger partial charge in [0.25, 0.3) is 0 Å². The Labute approximate surface area is 107 Å². The van der Waals surface area contributed by atoms with Crippen molar-refractivity contribution in [2.75, 3.05) is 13.1 Å². The summed E-state index contributed by atoms with van der Waals surface area (Å²) in [6, 6.07) is 8.45. The maximum absolute atomic E-state index is 4.42. The summed E-state index contributed by atoms with van der Waals surface area (Å²) in [5.41, 5.74) is 3.41. The van der Waals surface area contributed by atoms with Gasteiger partial charge in [-0.15, -0.1) is 0 Å². The molecule has 94 valence electrons. The van der Waals surface area contributed by atoms with Gasteiger partial charge >= 0.3 is 0 Å². The summed E-state index contributed by atoms with van der Waals surface area (Å²) in [7, 11) is 0. The zero-order valence-corrected chi connectivity index (χ0v) is 10.6. The second kappa shape index (κ2) is 4.90. The second-order valence-electron chi connectivity index (χ2n) is 4.88. The topological polar surface area (TPSA) is 42.7 Å². The molecule has 0 radical (unpaired) electrons. The molecule has 1 fully saturated rings. The van der Waals surface area contributed by atoms with Gasteiger partial charge in [-0.2, -0.15) is 15.0 Å². The summed E-state index contributed by atoms with van der Waals surface area (Å²) >= 11 is 0. The van der Waals surface area contributed by atoms with E-state index in [1.807, 2.05) is 13.0 Å². The average molecular weight is 242 g/mol. The zero-order valence-electron chi connectivity index (χ0n) is 10.6. The van der Waals surface area contributed by atoms with Gasteiger partial charge in [0.05, 0.1) is 17.6 Å². The quantitative estimate of drug-likeness (QED) is 0.876. The minimum Gasteiger partial charge on any atom is -0.316 e. The van der Waals surface area contributed by atoms with Gasteiger partial charge in [0.1, 0.15) is 0 Å². The third-order valence-electron chi connectivity index (χ3n) is 3.50. The number of nitrogens with one attached hydrogen (secondary N) is 1. The molecule has 1 unspecified atom stereocenters. The van der Waals surface area contributed by atoms with Crippen molar-refractivity contribution in [3.05, 3.63) is 41.7 Å². The van der Waals surface area contributed by atoms with Crippen LogP contribution in [0.2, 0.25) is 0 Å². The lowest BCUT2D eigenvalue weighted by Crippen LogP contribution is -2.29. The Bertz CT molecular complexity index is 526. The number of piperidine rings is 1. The molecule has 1 atom stereocenters. The van der Waals surface area contributed by atoms with E-state index in [0.717, 1.165) is 24.5 Å². The molecule has 0 saturated carbocycles. The third kappa shape index (κ3) is 2.16. The molecule has 1 aliphatic rings. The van der Waals surface area contributed by atoms with E-state index in [0.29, 0.717) is 5.92 Å². The highest BCUT2D eigenvalue weighted by Crippen LogP contribution is 2.27. The van der Waals surface area contributed by atoms with Crippen LogP contribution in [0.5, 0.6) is 0 Å². The Hall–Kier alpha value is -1.68. The fourth-order valence-electron chi connectivity index (χ4n) is 2.59. The number of para-hydroxylation sites is 1. The first kappa shape index (κ1) is 11.4. The first-order chi connectivity index (χ1) is 8.84. The van der Waals surface area contributed by atoms with Gasteiger partial charge in [0.15, 0.2) is 0 Å². The first-order valence-corrected chi connectivity index (χ1v) is 6.53. The van der Waals surface area contributed by atoms with Crippen molar-refractivity contribution < 1.29 is 0 Å². The van der Waals surface area contributed by atoms with Crippen LogP contribution in [0.25, 0.3) is 5.69 Å². The highest BCUT2D eigenvalue weighted by atomic mass is 15.5. The summed E-state index contributed by atoms with van der Waals surface area (Å²) in [6.45, 7) is 4.16. The molecule has 0 amide bonds. The lowest BCUT2D eigenvalue weighted by molar-refractivity contribution is 0.459. The molecular weight excluding hydrogens is 224 g/mol. The maximum atomic E-state index is 4.42. The fraction of sp³-hybridized carbons (Fsp3) is 0.429. The summed E-state index contributed by atoms with van der Waals surface area (Å²) < 4.78 is 0. The second-order valence-corrected chi connectivity index (χ2v) is 4.88. The van der Waals surface area contributed by atoms with E-state index in [1.165, 1.54) is 18.4 Å². The number of aryl methyl sites for hydroxylation is 1. The molecular formula is C14H18N4. The van der Waals surface area contributed by atoms with Gasteiger partial charge in [0.2, 0.25) is 0 Å². The molecule has 0 spiro atoms. The Morgan fingerprint density at radius 1 is 1.33 bits per heavy atom. The summed E-state index contributed by atoms with van der Waals surface area (Å²) in [5.74, 6) is 0.571. The molecule has 18 heavy (non-hydrogen) atoms. The minimum absolute atomic E-state index is 0.571. The van der Waals surface area contributed by atoms with Gasteiger partial charge in [-0.3, -0.25) is 0 Å². The molecule has 1 aromatic heterocycles. The zero-order chi connectivity index (χ0) is 12.4. The van der Waals surface area contributed by atoms with E-state index in [4.69, 9.17) is 0 Å². The Balaban J connectivity index is 1.99. The van der Waals surface area contributed by atoms with Crippen molar-refractivity contribution in [3.8, 4) is 5.69 Å². The van der Waals surface area contributed by atoms with E-state index >= 15 is 0 Å². The van der Waals surface area contributed by atoms with Crippen LogP contribution in [0, 0.1) is 6.92 Å². The van der Waals surface area contributed by atoms with Crippen LogP contribution in [0.1, 0.15) is 30.0 Å². The first-order valence-electron chi connectivity index (χ1n) is 6.53. The van der Waals surface area contributed by atoms with Gasteiger partial charge in [-0.05, 0) is 43.9 Å². The van der Waals surface area contributed by atoms with Crippen LogP contribution in [0.4, 0.5) is 0 Å². The van der Waals surface area contributed by atoms with Crippen molar-refractivity contribution in [1.82, 2.24) is 20.3 Å². The van der Waals surface area contributed by atoms with E-state index in [9.17, 15) is 0 Å². The van der Waals surface area contributed by atoms with Gasteiger partial charge < -0.3 is 5.32 Å². The number of nitrogens with zero attached hydrogens (tertiary/aromatic N) is 3. The van der Waals surface area contributed by atoms with Crippen molar-refractivity contribution in [1.29, 1.82) is 0 Å². The van der Waals surface area contributed by atoms with E-state index in [-0.39, 0.29) is 0 Å². The van der Waals surface area contributed by atoms with Crippen LogP contribution in [-0.4, -0.2) is 28.1 Å². The number of benzene rings is 1. The normalized spacial score (nSPS) is 19.9. The third-order valence-corrected chi connectivity index (χ3v) is 3.50. The summed E-state index contributed by atoms with van der Waals surface area (Å²) in [4.78, 5) is 1.75. The lowest BCUT2D eigenvalue weighted by atomic mass is 9.90. The fourth-order valence-corrected chi connectivity index (χ4v) is 2.59. The molecule has 2 aromatic rings.